The highest BCUT2D eigenvalue weighted by Gasteiger charge is 2.28. The molecule has 15 aromatic heterocycles. The minimum Gasteiger partial charge on any atom is -0.455 e. The van der Waals surface area contributed by atoms with Gasteiger partial charge in [-0.05, 0) is 173 Å². The molecule has 684 valence electrons. The first-order valence-electron chi connectivity index (χ1n) is 49.4. The molecule has 0 atom stereocenters. The predicted octanol–water partition coefficient (Wildman–Crippen LogP) is 35.5. The van der Waals surface area contributed by atoms with E-state index in [1.165, 1.54) is 106 Å². The Morgan fingerprint density at radius 3 is 0.830 bits per heavy atom. The third-order valence-electron chi connectivity index (χ3n) is 29.6. The van der Waals surface area contributed by atoms with Gasteiger partial charge in [0.2, 0.25) is 0 Å². The monoisotopic (exact) mass is 1910 g/mol. The summed E-state index contributed by atoms with van der Waals surface area (Å²) < 4.78 is 29.4. The molecule has 0 aliphatic rings. The molecule has 0 spiro atoms. The molecule has 33 aromatic rings. The van der Waals surface area contributed by atoms with Crippen LogP contribution in [-0.2, 0) is 0 Å². The number of imidazole rings is 3. The SMILES string of the molecule is c1ccc2c(c1)c(-c1cc(-n3c4ccccc4c4ccccc43)cc(-n3c4ccccc4c4ccccc43)c1)nc1c2nc2ccccn21.c1ccc2c(c1)oc1c(-c3cc(-c4nc5c(nc6ccccn65)c5ccccc45)cc(-c4cccc5c4oc4ccccc45)c3)cccc12.c1ccc2c(c1)sc1c(-c3cc(-c4nc5c(nc6ccccn65)c5ccccc45)cc(-c4cccc5c4sc4ccccc45)c3)cccc12. The van der Waals surface area contributed by atoms with Crippen molar-refractivity contribution < 1.29 is 8.83 Å². The van der Waals surface area contributed by atoms with Crippen LogP contribution in [0.25, 0.3) is 300 Å². The maximum absolute atomic E-state index is 6.56. The smallest absolute Gasteiger partial charge is 0.165 e. The lowest BCUT2D eigenvalue weighted by atomic mass is 9.92. The number of hydrogen-bond acceptors (Lipinski definition) is 10. The van der Waals surface area contributed by atoms with Gasteiger partial charge in [0.25, 0.3) is 0 Å². The Morgan fingerprint density at radius 1 is 0.190 bits per heavy atom. The van der Waals surface area contributed by atoms with Crippen LogP contribution in [0, 0.1) is 0 Å². The summed E-state index contributed by atoms with van der Waals surface area (Å²) >= 11 is 3.75. The van der Waals surface area contributed by atoms with E-state index in [-0.39, 0.29) is 0 Å². The van der Waals surface area contributed by atoms with Gasteiger partial charge < -0.3 is 18.0 Å². The number of benzene rings is 18. The van der Waals surface area contributed by atoms with E-state index in [4.69, 9.17) is 38.7 Å². The average molecular weight is 1910 g/mol. The third kappa shape index (κ3) is 12.9. The zero-order chi connectivity index (χ0) is 96.2. The van der Waals surface area contributed by atoms with Gasteiger partial charge in [-0.25, -0.2) is 29.9 Å². The fraction of sp³-hybridized carbons (Fsp3) is 0. The van der Waals surface area contributed by atoms with E-state index in [0.717, 1.165) is 194 Å². The standard InChI is InChI=1S/C44H27N5.C44H25N3O2.C44H25N3S2/c1-2-18-36-35(17-1)42(46-44-43(36)45-41-23-11-12-24-47(41)44)28-25-29(48-37-19-7-3-13-31(37)32-14-4-8-20-38(32)48)27-30(26-28)49-39-21-9-5-15-33(39)34-16-6-10-22-40(34)49;2*1-2-14-34-33(13-1)40(46-44-41(34)45-39-21-7-8-22-47(39)44)28-24-26(29-15-9-17-35-31-11-3-5-19-37(31)48-42(29)35)23-27(25-28)30-16-10-18-36-32-12-4-6-20-38(32)49-43(30)36/h1-27H;2*1-25H. The Bertz CT molecular complexity index is 10500. The molecule has 33 rings (SSSR count). The van der Waals surface area contributed by atoms with Crippen LogP contribution in [-0.4, -0.2) is 52.2 Å². The second-order valence-corrected chi connectivity index (χ2v) is 40.0. The highest BCUT2D eigenvalue weighted by atomic mass is 32.1. The van der Waals surface area contributed by atoms with Gasteiger partial charge in [-0.15, -0.1) is 22.7 Å². The van der Waals surface area contributed by atoms with E-state index in [0.29, 0.717) is 0 Å². The van der Waals surface area contributed by atoms with Crippen LogP contribution in [0.3, 0.4) is 0 Å². The summed E-state index contributed by atoms with van der Waals surface area (Å²) in [6.45, 7) is 0. The van der Waals surface area contributed by atoms with E-state index in [1.807, 2.05) is 114 Å². The van der Waals surface area contributed by atoms with Crippen molar-refractivity contribution >= 4 is 233 Å². The molecule has 0 radical (unpaired) electrons. The molecular weight excluding hydrogens is 1840 g/mol. The van der Waals surface area contributed by atoms with Gasteiger partial charge in [0.1, 0.15) is 55.8 Å². The van der Waals surface area contributed by atoms with E-state index >= 15 is 0 Å². The van der Waals surface area contributed by atoms with Gasteiger partial charge in [-0.1, -0.05) is 309 Å². The fourth-order valence-corrected chi connectivity index (χ4v) is 25.6. The first kappa shape index (κ1) is 82.4. The Hall–Kier alpha value is -19.3. The molecule has 15 heteroatoms. The lowest BCUT2D eigenvalue weighted by molar-refractivity contribution is 0.670. The van der Waals surface area contributed by atoms with Crippen molar-refractivity contribution in [3.8, 4) is 89.7 Å². The second-order valence-electron chi connectivity index (χ2n) is 37.9. The van der Waals surface area contributed by atoms with E-state index < -0.39 is 0 Å². The van der Waals surface area contributed by atoms with Gasteiger partial charge in [0.15, 0.2) is 16.9 Å². The molecule has 0 unspecified atom stereocenters. The van der Waals surface area contributed by atoms with Gasteiger partial charge >= 0.3 is 0 Å². The van der Waals surface area contributed by atoms with Gasteiger partial charge in [0.05, 0.1) is 39.1 Å². The third-order valence-corrected chi connectivity index (χ3v) is 32.0. The fourth-order valence-electron chi connectivity index (χ4n) is 23.1. The van der Waals surface area contributed by atoms with E-state index in [1.54, 1.807) is 0 Å². The topological polar surface area (TPSA) is 127 Å². The maximum atomic E-state index is 6.56. The number of hydrogen-bond donors (Lipinski definition) is 0. The van der Waals surface area contributed by atoms with Crippen molar-refractivity contribution in [3.63, 3.8) is 0 Å². The summed E-state index contributed by atoms with van der Waals surface area (Å²) in [6.07, 6.45) is 6.14. The molecule has 18 aromatic carbocycles. The lowest BCUT2D eigenvalue weighted by Gasteiger charge is -2.16. The van der Waals surface area contributed by atoms with Crippen LogP contribution in [0.2, 0.25) is 0 Å². The van der Waals surface area contributed by atoms with Crippen molar-refractivity contribution in [2.75, 3.05) is 0 Å². The number of pyridine rings is 6. The van der Waals surface area contributed by atoms with Crippen LogP contribution < -0.4 is 0 Å². The van der Waals surface area contributed by atoms with Crippen LogP contribution in [0.1, 0.15) is 0 Å². The quantitative estimate of drug-likeness (QED) is 0.140. The van der Waals surface area contributed by atoms with Crippen LogP contribution >= 0.6 is 22.7 Å². The first-order chi connectivity index (χ1) is 72.9. The number of nitrogens with zero attached hydrogens (tertiary/aromatic N) is 11. The van der Waals surface area contributed by atoms with Gasteiger partial charge in [-0.2, -0.15) is 0 Å². The van der Waals surface area contributed by atoms with Crippen LogP contribution in [0.5, 0.6) is 0 Å². The number of furan rings is 2. The normalized spacial score (nSPS) is 12.1. The molecule has 0 aliphatic heterocycles. The van der Waals surface area contributed by atoms with Crippen LogP contribution in [0.4, 0.5) is 0 Å². The van der Waals surface area contributed by atoms with Crippen molar-refractivity contribution in [2.24, 2.45) is 0 Å². The number of rotatable bonds is 9. The van der Waals surface area contributed by atoms with E-state index in [9.17, 15) is 0 Å². The highest BCUT2D eigenvalue weighted by Crippen LogP contribution is 2.50. The molecule has 13 nitrogen and oxygen atoms in total. The predicted molar refractivity (Wildman–Crippen MR) is 611 cm³/mol. The Balaban J connectivity index is 0.0000000999. The summed E-state index contributed by atoms with van der Waals surface area (Å²) in [7, 11) is 0. The molecule has 0 bridgehead atoms. The summed E-state index contributed by atoms with van der Waals surface area (Å²) in [4.78, 5) is 31.3. The molecular formula is C132H77N11O2S2. The summed E-state index contributed by atoms with van der Waals surface area (Å²) in [5, 5.41) is 21.0. The zero-order valence-corrected chi connectivity index (χ0v) is 80.1. The molecule has 147 heavy (non-hydrogen) atoms. The number of aromatic nitrogens is 11. The largest absolute Gasteiger partial charge is 0.455 e. The minimum atomic E-state index is 0.829. The van der Waals surface area contributed by atoms with Crippen molar-refractivity contribution in [1.82, 2.24) is 52.2 Å². The molecule has 15 heterocycles. The number of thiophene rings is 2. The summed E-state index contributed by atoms with van der Waals surface area (Å²) in [6, 6.07) is 160. The Kier molecular flexibility index (Phi) is 18.3. The Morgan fingerprint density at radius 2 is 0.463 bits per heavy atom. The van der Waals surface area contributed by atoms with Gasteiger partial charge in [-0.3, -0.25) is 13.2 Å². The molecule has 0 saturated carbocycles. The number of para-hydroxylation sites is 8. The summed E-state index contributed by atoms with van der Waals surface area (Å²) in [5.74, 6) is 0. The zero-order valence-electron chi connectivity index (χ0n) is 78.5. The molecule has 0 amide bonds. The molecule has 0 saturated heterocycles. The summed E-state index contributed by atoms with van der Waals surface area (Å²) in [5.41, 5.74) is 33.1. The highest BCUT2D eigenvalue weighted by molar-refractivity contribution is 7.26. The van der Waals surface area contributed by atoms with Crippen molar-refractivity contribution in [3.05, 3.63) is 468 Å². The average Bonchev–Trinajstić information content (AvgIpc) is 1.59. The van der Waals surface area contributed by atoms with Crippen molar-refractivity contribution in [1.29, 1.82) is 0 Å². The minimum absolute atomic E-state index is 0.829. The second kappa shape index (κ2) is 32.6. The molecule has 0 N–H and O–H groups in total. The molecule has 0 fully saturated rings. The lowest BCUT2D eigenvalue weighted by Crippen LogP contribution is -2.01. The first-order valence-corrected chi connectivity index (χ1v) is 51.0. The maximum Gasteiger partial charge on any atom is 0.165 e. The van der Waals surface area contributed by atoms with Crippen LogP contribution in [0.15, 0.2) is 476 Å². The van der Waals surface area contributed by atoms with Gasteiger partial charge in [0, 0.05) is 174 Å². The number of fused-ring (bicyclic) bond motifs is 33. The molecule has 0 aliphatic carbocycles. The Labute approximate surface area is 845 Å². The van der Waals surface area contributed by atoms with E-state index in [2.05, 4.69) is 399 Å². The van der Waals surface area contributed by atoms with Crippen molar-refractivity contribution in [2.45, 2.75) is 0 Å².